The molecular weight excluding hydrogens is 743 g/mol. The molecule has 0 bridgehead atoms. The Kier molecular flexibility index (Phi) is 16.5. The molecule has 3 aliphatic rings. The molecule has 0 aromatic heterocycles. The summed E-state index contributed by atoms with van der Waals surface area (Å²) in [6, 6.07) is 0. The molecule has 0 radical (unpaired) electrons. The van der Waals surface area contributed by atoms with E-state index in [1.807, 2.05) is 0 Å². The first-order chi connectivity index (χ1) is 24.4. The summed E-state index contributed by atoms with van der Waals surface area (Å²) in [6.07, 6.45) is -31.6. The highest BCUT2D eigenvalue weighted by Gasteiger charge is 2.55. The molecule has 0 aromatic rings. The molecule has 0 saturated carbocycles. The first kappa shape index (κ1) is 46.7. The Morgan fingerprint density at radius 1 is 0.698 bits per heavy atom. The first-order valence-corrected chi connectivity index (χ1v) is 18.4. The monoisotopic (exact) mass is 800 g/mol. The molecule has 0 aliphatic carbocycles. The number of rotatable bonds is 17. The minimum Gasteiger partial charge on any atom is -0.394 e. The molecule has 314 valence electrons. The van der Waals surface area contributed by atoms with Crippen molar-refractivity contribution in [1.29, 1.82) is 0 Å². The number of hydrogen-bond acceptors (Lipinski definition) is 22. The highest BCUT2D eigenvalue weighted by atomic mass is 31.2. The number of aliphatic hydroxyl groups is 11. The summed E-state index contributed by atoms with van der Waals surface area (Å²) in [5.41, 5.74) is 10.1. The van der Waals surface area contributed by atoms with Crippen LogP contribution >= 0.6 is 7.60 Å². The molecule has 3 saturated heterocycles. The lowest BCUT2D eigenvalue weighted by atomic mass is 9.96. The van der Waals surface area contributed by atoms with Crippen LogP contribution in [0.5, 0.6) is 0 Å². The Balaban J connectivity index is 1.84. The normalized spacial score (nSPS) is 41.8. The molecule has 19 atom stereocenters. The van der Waals surface area contributed by atoms with E-state index < -0.39 is 155 Å². The second kappa shape index (κ2) is 18.7. The fourth-order valence-electron chi connectivity index (χ4n) is 5.68. The number of aliphatic hydroxyl groups excluding tert-OH is 11. The van der Waals surface area contributed by atoms with Crippen LogP contribution in [0.25, 0.3) is 0 Å². The molecule has 0 aromatic carbocycles. The predicted molar refractivity (Wildman–Crippen MR) is 173 cm³/mol. The molecule has 3 rings (SSSR count). The van der Waals surface area contributed by atoms with Gasteiger partial charge in [0.05, 0.1) is 32.5 Å². The summed E-state index contributed by atoms with van der Waals surface area (Å²) in [4.78, 5) is 10.1. The van der Waals surface area contributed by atoms with Crippen LogP contribution in [0, 0.1) is 0 Å². The van der Waals surface area contributed by atoms with Crippen molar-refractivity contribution in [3.63, 3.8) is 0 Å². The van der Waals surface area contributed by atoms with Crippen molar-refractivity contribution in [3.8, 4) is 0 Å². The molecule has 24 heteroatoms. The van der Waals surface area contributed by atoms with Gasteiger partial charge in [0.2, 0.25) is 0 Å². The van der Waals surface area contributed by atoms with Crippen molar-refractivity contribution in [2.75, 3.05) is 26.4 Å². The SMILES string of the molecule is CC1OC(OC(C(O)CO)C(O)COP(=O)(O)C(C)(C)N)C(O)C(OC2OC(CO)C(O)C(OC3OC(CO)C(O)C(O)C3OC(C)(C)N)C2O)C1O. The van der Waals surface area contributed by atoms with Gasteiger partial charge in [-0.05, 0) is 34.6 Å². The van der Waals surface area contributed by atoms with Crippen LogP contribution in [-0.2, 0) is 42.2 Å². The van der Waals surface area contributed by atoms with Crippen molar-refractivity contribution < 1.29 is 103 Å². The molecule has 3 fully saturated rings. The Morgan fingerprint density at radius 2 is 1.21 bits per heavy atom. The summed E-state index contributed by atoms with van der Waals surface area (Å²) in [6.45, 7) is 2.88. The zero-order valence-electron chi connectivity index (χ0n) is 29.9. The van der Waals surface area contributed by atoms with Crippen LogP contribution < -0.4 is 11.5 Å². The largest absolute Gasteiger partial charge is 0.394 e. The molecular formula is C29H57N2O21P. The van der Waals surface area contributed by atoms with E-state index in [0.29, 0.717) is 0 Å². The Labute approximate surface area is 305 Å². The first-order valence-electron chi connectivity index (χ1n) is 16.8. The zero-order valence-corrected chi connectivity index (χ0v) is 30.8. The third-order valence-electron chi connectivity index (χ3n) is 8.84. The highest BCUT2D eigenvalue weighted by molar-refractivity contribution is 7.54. The van der Waals surface area contributed by atoms with Gasteiger partial charge in [0, 0.05) is 0 Å². The number of ether oxygens (including phenoxy) is 7. The third kappa shape index (κ3) is 11.3. The highest BCUT2D eigenvalue weighted by Crippen LogP contribution is 2.52. The van der Waals surface area contributed by atoms with Gasteiger partial charge in [0.25, 0.3) is 0 Å². The molecule has 0 spiro atoms. The summed E-state index contributed by atoms with van der Waals surface area (Å²) in [7, 11) is -4.53. The number of nitrogens with two attached hydrogens (primary N) is 2. The van der Waals surface area contributed by atoms with Crippen LogP contribution in [0.15, 0.2) is 0 Å². The van der Waals surface area contributed by atoms with Crippen LogP contribution in [0.2, 0.25) is 0 Å². The van der Waals surface area contributed by atoms with Gasteiger partial charge in [0.15, 0.2) is 18.9 Å². The Bertz CT molecular complexity index is 1180. The zero-order chi connectivity index (χ0) is 40.4. The van der Waals surface area contributed by atoms with Crippen LogP contribution in [0.4, 0.5) is 0 Å². The standard InChI is InChI=1S/C29H57N2O21P/c1-10-15(37)22(19(41)25(46-10)49-21(11(35)6-32)12(36)9-45-53(43,44)29(4,5)31)50-26-20(42)23(17(39)14(8-34)47-26)51-27-24(52-28(2,3)30)18(40)16(38)13(7-33)48-27/h10-27,32-42H,6-9,30-31H2,1-5H3,(H,43,44). The van der Waals surface area contributed by atoms with Gasteiger partial charge in [-0.1, -0.05) is 0 Å². The molecule has 23 nitrogen and oxygen atoms in total. The van der Waals surface area contributed by atoms with Gasteiger partial charge in [0.1, 0.15) is 96.5 Å². The van der Waals surface area contributed by atoms with E-state index in [4.69, 9.17) is 49.1 Å². The minimum absolute atomic E-state index is 0.796. The van der Waals surface area contributed by atoms with E-state index in [0.717, 1.165) is 0 Å². The second-order valence-corrected chi connectivity index (χ2v) is 16.8. The van der Waals surface area contributed by atoms with Gasteiger partial charge in [-0.2, -0.15) is 0 Å². The van der Waals surface area contributed by atoms with Crippen molar-refractivity contribution >= 4 is 7.60 Å². The average Bonchev–Trinajstić information content (AvgIpc) is 3.07. The second-order valence-electron chi connectivity index (χ2n) is 14.4. The van der Waals surface area contributed by atoms with E-state index in [9.17, 15) is 65.6 Å². The van der Waals surface area contributed by atoms with Crippen molar-refractivity contribution in [1.82, 2.24) is 0 Å². The lowest BCUT2D eigenvalue weighted by Gasteiger charge is -2.49. The van der Waals surface area contributed by atoms with Crippen molar-refractivity contribution in [3.05, 3.63) is 0 Å². The molecule has 19 unspecified atom stereocenters. The van der Waals surface area contributed by atoms with Crippen LogP contribution in [0.3, 0.4) is 0 Å². The quantitative estimate of drug-likeness (QED) is 0.0480. The van der Waals surface area contributed by atoms with E-state index in [1.165, 1.54) is 34.6 Å². The maximum Gasteiger partial charge on any atom is 0.347 e. The minimum atomic E-state index is -4.53. The fraction of sp³-hybridized carbons (Fsp3) is 1.00. The molecule has 53 heavy (non-hydrogen) atoms. The summed E-state index contributed by atoms with van der Waals surface area (Å²) >= 11 is 0. The van der Waals surface area contributed by atoms with Crippen molar-refractivity contribution in [2.24, 2.45) is 11.5 Å². The maximum absolute atomic E-state index is 12.4. The molecule has 16 N–H and O–H groups in total. The van der Waals surface area contributed by atoms with E-state index in [2.05, 4.69) is 0 Å². The van der Waals surface area contributed by atoms with E-state index >= 15 is 0 Å². The van der Waals surface area contributed by atoms with Crippen molar-refractivity contribution in [2.45, 2.75) is 156 Å². The molecule has 3 heterocycles. The summed E-state index contributed by atoms with van der Waals surface area (Å²) in [5.74, 6) is 0. The van der Waals surface area contributed by atoms with Crippen LogP contribution in [0.1, 0.15) is 34.6 Å². The topological polar surface area (TPSA) is 386 Å². The predicted octanol–water partition coefficient (Wildman–Crippen LogP) is -6.82. The van der Waals surface area contributed by atoms with Gasteiger partial charge in [-0.3, -0.25) is 4.57 Å². The summed E-state index contributed by atoms with van der Waals surface area (Å²) < 4.78 is 56.8. The number of hydrogen-bond donors (Lipinski definition) is 14. The van der Waals surface area contributed by atoms with Gasteiger partial charge >= 0.3 is 7.60 Å². The van der Waals surface area contributed by atoms with Gasteiger partial charge in [-0.25, -0.2) is 0 Å². The maximum atomic E-state index is 12.4. The fourth-order valence-corrected chi connectivity index (χ4v) is 6.37. The smallest absolute Gasteiger partial charge is 0.347 e. The lowest BCUT2D eigenvalue weighted by Crippen LogP contribution is -2.67. The van der Waals surface area contributed by atoms with Gasteiger partial charge in [-0.15, -0.1) is 0 Å². The molecule has 3 aliphatic heterocycles. The molecule has 0 amide bonds. The van der Waals surface area contributed by atoms with Crippen LogP contribution in [-0.4, -0.2) is 209 Å². The van der Waals surface area contributed by atoms with E-state index in [1.54, 1.807) is 0 Å². The third-order valence-corrected chi connectivity index (χ3v) is 10.8. The Morgan fingerprint density at radius 3 is 1.74 bits per heavy atom. The van der Waals surface area contributed by atoms with E-state index in [-0.39, 0.29) is 0 Å². The lowest BCUT2D eigenvalue weighted by molar-refractivity contribution is -0.387. The van der Waals surface area contributed by atoms with Gasteiger partial charge < -0.3 is 110 Å². The average molecular weight is 801 g/mol. The summed E-state index contributed by atoms with van der Waals surface area (Å²) in [5, 5.41) is 114. The Hall–Kier alpha value is -0.650.